The van der Waals surface area contributed by atoms with Crippen molar-refractivity contribution in [2.75, 3.05) is 48.7 Å². The van der Waals surface area contributed by atoms with Crippen LogP contribution in [0.2, 0.25) is 0 Å². The number of rotatable bonds is 5. The summed E-state index contributed by atoms with van der Waals surface area (Å²) in [5.74, 6) is 0.0674. The van der Waals surface area contributed by atoms with Crippen LogP contribution in [0.15, 0.2) is 30.3 Å². The second-order valence-electron chi connectivity index (χ2n) is 6.03. The zero-order valence-corrected chi connectivity index (χ0v) is 15.4. The van der Waals surface area contributed by atoms with Gasteiger partial charge in [0.15, 0.2) is 0 Å². The van der Waals surface area contributed by atoms with E-state index in [1.807, 2.05) is 11.0 Å². The van der Waals surface area contributed by atoms with Gasteiger partial charge in [-0.1, -0.05) is 18.2 Å². The third-order valence-electron chi connectivity index (χ3n) is 4.21. The first-order valence-corrected chi connectivity index (χ1v) is 8.80. The fourth-order valence-electron chi connectivity index (χ4n) is 2.83. The molecule has 0 spiro atoms. The van der Waals surface area contributed by atoms with Crippen LogP contribution in [0.25, 0.3) is 0 Å². The Bertz CT molecular complexity index is 854. The summed E-state index contributed by atoms with van der Waals surface area (Å²) in [6, 6.07) is 8.96. The summed E-state index contributed by atoms with van der Waals surface area (Å²) in [4.78, 5) is 34.5. The van der Waals surface area contributed by atoms with E-state index in [0.717, 1.165) is 0 Å². The number of nitrogens with one attached hydrogen (secondary N) is 1. The van der Waals surface area contributed by atoms with E-state index in [4.69, 9.17) is 10.5 Å². The van der Waals surface area contributed by atoms with Gasteiger partial charge in [-0.25, -0.2) is 4.79 Å². The minimum atomic E-state index is -0.608. The van der Waals surface area contributed by atoms with Gasteiger partial charge in [-0.3, -0.25) is 10.1 Å². The van der Waals surface area contributed by atoms with Gasteiger partial charge in [0, 0.05) is 31.9 Å². The monoisotopic (exact) mass is 387 g/mol. The minimum Gasteiger partial charge on any atom is -0.450 e. The molecule has 1 aliphatic rings. The first-order chi connectivity index (χ1) is 13.5. The van der Waals surface area contributed by atoms with E-state index in [1.54, 1.807) is 36.1 Å². The molecule has 0 atom stereocenters. The van der Waals surface area contributed by atoms with Gasteiger partial charge in [0.1, 0.15) is 0 Å². The Morgan fingerprint density at radius 1 is 1.25 bits per heavy atom. The Labute approximate surface area is 161 Å². The van der Waals surface area contributed by atoms with Gasteiger partial charge in [-0.15, -0.1) is 0 Å². The van der Waals surface area contributed by atoms with E-state index < -0.39 is 4.92 Å². The molecule has 1 saturated heterocycles. The zero-order chi connectivity index (χ0) is 20.1. The number of nitro groups is 1. The van der Waals surface area contributed by atoms with Crippen molar-refractivity contribution in [2.45, 2.75) is 6.92 Å². The van der Waals surface area contributed by atoms with Crippen molar-refractivity contribution in [3.8, 4) is 0 Å². The summed E-state index contributed by atoms with van der Waals surface area (Å²) >= 11 is 0. The van der Waals surface area contributed by atoms with Crippen LogP contribution in [0.5, 0.6) is 0 Å². The fourth-order valence-corrected chi connectivity index (χ4v) is 2.83. The molecule has 0 unspecified atom stereocenters. The molecule has 2 heterocycles. The molecule has 3 rings (SSSR count). The Morgan fingerprint density at radius 3 is 2.54 bits per heavy atom. The summed E-state index contributed by atoms with van der Waals surface area (Å²) in [6.07, 6.45) is -0.363. The molecule has 1 fully saturated rings. The van der Waals surface area contributed by atoms with E-state index in [2.05, 4.69) is 15.3 Å². The minimum absolute atomic E-state index is 0.0199. The SMILES string of the molecule is CCOC(=O)N1CCN(c2nc(N)c([N+](=O)[O-])c(Nc3ccccc3)n2)CC1. The maximum absolute atomic E-state index is 11.8. The number of hydrogen-bond acceptors (Lipinski definition) is 9. The molecule has 0 aliphatic carbocycles. The number of nitrogen functional groups attached to an aromatic ring is 1. The third kappa shape index (κ3) is 4.19. The van der Waals surface area contributed by atoms with Gasteiger partial charge in [0.2, 0.25) is 17.6 Å². The summed E-state index contributed by atoms with van der Waals surface area (Å²) in [7, 11) is 0. The summed E-state index contributed by atoms with van der Waals surface area (Å²) < 4.78 is 5.00. The van der Waals surface area contributed by atoms with Gasteiger partial charge in [0.05, 0.1) is 11.5 Å². The largest absolute Gasteiger partial charge is 0.450 e. The number of piperazine rings is 1. The van der Waals surface area contributed by atoms with Crippen molar-refractivity contribution in [3.05, 3.63) is 40.4 Å². The van der Waals surface area contributed by atoms with Gasteiger partial charge in [-0.2, -0.15) is 9.97 Å². The number of nitrogens with two attached hydrogens (primary N) is 1. The Hall–Kier alpha value is -3.63. The van der Waals surface area contributed by atoms with Crippen LogP contribution < -0.4 is 16.0 Å². The number of nitrogens with zero attached hydrogens (tertiary/aromatic N) is 5. The van der Waals surface area contributed by atoms with Crippen LogP contribution in [-0.4, -0.2) is 58.7 Å². The maximum atomic E-state index is 11.8. The Morgan fingerprint density at radius 2 is 1.93 bits per heavy atom. The topological polar surface area (TPSA) is 140 Å². The number of amides is 1. The highest BCUT2D eigenvalue weighted by molar-refractivity contribution is 5.74. The van der Waals surface area contributed by atoms with Crippen molar-refractivity contribution in [1.29, 1.82) is 0 Å². The van der Waals surface area contributed by atoms with E-state index in [-0.39, 0.29) is 29.4 Å². The van der Waals surface area contributed by atoms with Gasteiger partial charge in [0.25, 0.3) is 0 Å². The zero-order valence-electron chi connectivity index (χ0n) is 15.4. The number of carbonyl (C=O) groups excluding carboxylic acids is 1. The van der Waals surface area contributed by atoms with E-state index >= 15 is 0 Å². The van der Waals surface area contributed by atoms with E-state index in [0.29, 0.717) is 38.5 Å². The number of para-hydroxylation sites is 1. The lowest BCUT2D eigenvalue weighted by Crippen LogP contribution is -2.49. The Kier molecular flexibility index (Phi) is 5.72. The highest BCUT2D eigenvalue weighted by Gasteiger charge is 2.28. The van der Waals surface area contributed by atoms with Crippen LogP contribution in [0.1, 0.15) is 6.92 Å². The second kappa shape index (κ2) is 8.37. The molecule has 0 saturated carbocycles. The van der Waals surface area contributed by atoms with Gasteiger partial charge >= 0.3 is 11.8 Å². The molecule has 1 amide bonds. The first-order valence-electron chi connectivity index (χ1n) is 8.80. The highest BCUT2D eigenvalue weighted by atomic mass is 16.6. The van der Waals surface area contributed by atoms with Crippen LogP contribution in [0.4, 0.5) is 33.8 Å². The van der Waals surface area contributed by atoms with Crippen molar-refractivity contribution >= 4 is 35.1 Å². The van der Waals surface area contributed by atoms with Gasteiger partial charge in [-0.05, 0) is 19.1 Å². The molecular formula is C17H21N7O4. The molecule has 3 N–H and O–H groups in total. The highest BCUT2D eigenvalue weighted by Crippen LogP contribution is 2.32. The lowest BCUT2D eigenvalue weighted by Gasteiger charge is -2.34. The van der Waals surface area contributed by atoms with Crippen LogP contribution in [0, 0.1) is 10.1 Å². The van der Waals surface area contributed by atoms with Crippen molar-refractivity contribution in [2.24, 2.45) is 0 Å². The quantitative estimate of drug-likeness (QED) is 0.582. The molecule has 148 valence electrons. The predicted octanol–water partition coefficient (Wildman–Crippen LogP) is 1.99. The normalized spacial score (nSPS) is 13.9. The van der Waals surface area contributed by atoms with Crippen LogP contribution >= 0.6 is 0 Å². The smallest absolute Gasteiger partial charge is 0.409 e. The number of carbonyl (C=O) groups is 1. The van der Waals surface area contributed by atoms with Crippen LogP contribution in [-0.2, 0) is 4.74 Å². The molecule has 0 bridgehead atoms. The molecule has 2 aromatic rings. The van der Waals surface area contributed by atoms with Crippen molar-refractivity contribution in [3.63, 3.8) is 0 Å². The molecule has 11 heteroatoms. The lowest BCUT2D eigenvalue weighted by atomic mass is 10.3. The van der Waals surface area contributed by atoms with Crippen molar-refractivity contribution < 1.29 is 14.5 Å². The number of benzene rings is 1. The maximum Gasteiger partial charge on any atom is 0.409 e. The first kappa shape index (κ1) is 19.1. The van der Waals surface area contributed by atoms with Crippen LogP contribution in [0.3, 0.4) is 0 Å². The number of anilines is 4. The Balaban J connectivity index is 1.83. The third-order valence-corrected chi connectivity index (χ3v) is 4.21. The summed E-state index contributed by atoms with van der Waals surface area (Å²) in [6.45, 7) is 3.85. The number of ether oxygens (including phenoxy) is 1. The molecular weight excluding hydrogens is 366 g/mol. The standard InChI is InChI=1S/C17H21N7O4/c1-2-28-17(25)23-10-8-22(9-11-23)16-20-14(18)13(24(26)27)15(21-16)19-12-6-4-3-5-7-12/h3-7H,2,8-11H2,1H3,(H3,18,19,20,21). The molecule has 1 aromatic carbocycles. The summed E-state index contributed by atoms with van der Waals surface area (Å²) in [5.41, 5.74) is 6.12. The van der Waals surface area contributed by atoms with Gasteiger partial charge < -0.3 is 25.6 Å². The van der Waals surface area contributed by atoms with E-state index in [1.165, 1.54) is 0 Å². The molecule has 1 aromatic heterocycles. The van der Waals surface area contributed by atoms with Crippen molar-refractivity contribution in [1.82, 2.24) is 14.9 Å². The molecule has 0 radical (unpaired) electrons. The van der Waals surface area contributed by atoms with E-state index in [9.17, 15) is 14.9 Å². The number of aromatic nitrogens is 2. The fraction of sp³-hybridized carbons (Fsp3) is 0.353. The summed E-state index contributed by atoms with van der Waals surface area (Å²) in [5, 5.41) is 14.4. The average Bonchev–Trinajstić information content (AvgIpc) is 2.68. The molecule has 1 aliphatic heterocycles. The second-order valence-corrected chi connectivity index (χ2v) is 6.03. The lowest BCUT2D eigenvalue weighted by molar-refractivity contribution is -0.383. The molecule has 11 nitrogen and oxygen atoms in total. The number of hydrogen-bond donors (Lipinski definition) is 2. The average molecular weight is 387 g/mol. The predicted molar refractivity (Wildman–Crippen MR) is 104 cm³/mol. The molecule has 28 heavy (non-hydrogen) atoms.